The molecule has 0 saturated heterocycles. The molecule has 1 N–H and O–H groups in total. The lowest BCUT2D eigenvalue weighted by molar-refractivity contribution is -0.121. The molecule has 0 saturated carbocycles. The fourth-order valence-corrected chi connectivity index (χ4v) is 4.04. The monoisotopic (exact) mass is 451 g/mol. The Morgan fingerprint density at radius 2 is 1.62 bits per heavy atom. The van der Waals surface area contributed by atoms with Crippen LogP contribution >= 0.6 is 57.7 Å². The quantitative estimate of drug-likeness (QED) is 0.432. The molecule has 1 aliphatic rings. The van der Waals surface area contributed by atoms with Gasteiger partial charge in [-0.2, -0.15) is 0 Å². The van der Waals surface area contributed by atoms with Crippen molar-refractivity contribution in [2.75, 3.05) is 6.54 Å². The van der Waals surface area contributed by atoms with Crippen LogP contribution in [0.3, 0.4) is 0 Å². The van der Waals surface area contributed by atoms with E-state index >= 15 is 0 Å². The third-order valence-corrected chi connectivity index (χ3v) is 6.24. The van der Waals surface area contributed by atoms with Gasteiger partial charge in [-0.05, 0) is 6.92 Å². The van der Waals surface area contributed by atoms with E-state index in [2.05, 4.69) is 10.3 Å². The number of nitrogens with zero attached hydrogens (tertiary/aromatic N) is 2. The molecular weight excluding hydrogens is 444 g/mol. The number of nitrogens with one attached hydrogen (secondary N) is 1. The average molecular weight is 453 g/mol. The normalized spacial score (nSPS) is 13.3. The Labute approximate surface area is 172 Å². The molecule has 3 amide bonds. The summed E-state index contributed by atoms with van der Waals surface area (Å²) in [6, 6.07) is 0. The number of thiazole rings is 1. The molecule has 0 radical (unpaired) electrons. The van der Waals surface area contributed by atoms with Gasteiger partial charge < -0.3 is 5.32 Å². The molecule has 0 spiro atoms. The third-order valence-electron chi connectivity index (χ3n) is 3.62. The van der Waals surface area contributed by atoms with Crippen molar-refractivity contribution in [2.24, 2.45) is 0 Å². The van der Waals surface area contributed by atoms with Gasteiger partial charge in [-0.15, -0.1) is 11.3 Å². The lowest BCUT2D eigenvalue weighted by Gasteiger charge is -2.13. The maximum atomic E-state index is 12.5. The molecule has 0 bridgehead atoms. The first-order valence-corrected chi connectivity index (χ1v) is 9.51. The van der Waals surface area contributed by atoms with E-state index in [0.29, 0.717) is 5.69 Å². The van der Waals surface area contributed by atoms with E-state index in [1.165, 1.54) is 11.3 Å². The number of rotatable bonds is 4. The molecule has 1 aliphatic heterocycles. The second-order valence-electron chi connectivity index (χ2n) is 5.34. The van der Waals surface area contributed by atoms with Crippen molar-refractivity contribution in [3.05, 3.63) is 47.3 Å². The van der Waals surface area contributed by atoms with Crippen LogP contribution in [0.25, 0.3) is 0 Å². The molecule has 11 heteroatoms. The maximum absolute atomic E-state index is 12.5. The zero-order chi connectivity index (χ0) is 19.2. The zero-order valence-corrected chi connectivity index (χ0v) is 16.9. The lowest BCUT2D eigenvalue weighted by atomic mass is 10.1. The summed E-state index contributed by atoms with van der Waals surface area (Å²) in [5.41, 5.74) is 0.380. The number of carbonyl (C=O) groups excluding carboxylic acids is 3. The Bertz CT molecular complexity index is 913. The number of carbonyl (C=O) groups is 3. The number of benzene rings is 1. The van der Waals surface area contributed by atoms with E-state index < -0.39 is 24.3 Å². The van der Waals surface area contributed by atoms with E-state index in [1.807, 2.05) is 6.92 Å². The summed E-state index contributed by atoms with van der Waals surface area (Å²) in [5, 5.41) is 4.69. The van der Waals surface area contributed by atoms with E-state index in [-0.39, 0.29) is 37.8 Å². The van der Waals surface area contributed by atoms with Crippen molar-refractivity contribution >= 4 is 75.5 Å². The highest BCUT2D eigenvalue weighted by atomic mass is 35.5. The van der Waals surface area contributed by atoms with Crippen LogP contribution in [0.1, 0.15) is 31.4 Å². The van der Waals surface area contributed by atoms with Crippen LogP contribution in [-0.2, 0) is 11.3 Å². The minimum absolute atomic E-state index is 0.122. The molecule has 2 aromatic rings. The molecule has 0 aliphatic carbocycles. The molecule has 26 heavy (non-hydrogen) atoms. The average Bonchev–Trinajstić information content (AvgIpc) is 3.12. The fraction of sp³-hybridized carbons (Fsp3) is 0.200. The van der Waals surface area contributed by atoms with E-state index in [0.717, 1.165) is 9.91 Å². The highest BCUT2D eigenvalue weighted by Gasteiger charge is 2.42. The summed E-state index contributed by atoms with van der Waals surface area (Å²) in [7, 11) is 0. The van der Waals surface area contributed by atoms with E-state index in [1.54, 1.807) is 5.38 Å². The summed E-state index contributed by atoms with van der Waals surface area (Å²) in [6.07, 6.45) is 0. The molecule has 0 fully saturated rings. The predicted molar refractivity (Wildman–Crippen MR) is 101 cm³/mol. The second kappa shape index (κ2) is 7.32. The minimum atomic E-state index is -0.755. The predicted octanol–water partition coefficient (Wildman–Crippen LogP) is 3.98. The highest BCUT2D eigenvalue weighted by molar-refractivity contribution is 7.09. The first-order valence-electron chi connectivity index (χ1n) is 7.12. The standard InChI is InChI=1S/C15H9Cl4N3O3S/c1-5-21-6(4-26-5)2-20-7(23)3-22-14(24)8-9(15(22)25)11(17)13(19)12(18)10(8)16/h4H,2-3H2,1H3,(H,20,23). The van der Waals surface area contributed by atoms with E-state index in [4.69, 9.17) is 46.4 Å². The van der Waals surface area contributed by atoms with Crippen molar-refractivity contribution in [1.29, 1.82) is 0 Å². The Kier molecular flexibility index (Phi) is 5.46. The van der Waals surface area contributed by atoms with Gasteiger partial charge in [0.05, 0.1) is 48.5 Å². The molecule has 0 atom stereocenters. The minimum Gasteiger partial charge on any atom is -0.349 e. The van der Waals surface area contributed by atoms with Crippen molar-refractivity contribution in [2.45, 2.75) is 13.5 Å². The SMILES string of the molecule is Cc1nc(CNC(=O)CN2C(=O)c3c(Cl)c(Cl)c(Cl)c(Cl)c3C2=O)cs1. The van der Waals surface area contributed by atoms with E-state index in [9.17, 15) is 14.4 Å². The number of hydrogen-bond acceptors (Lipinski definition) is 5. The largest absolute Gasteiger partial charge is 0.349 e. The summed E-state index contributed by atoms with van der Waals surface area (Å²) < 4.78 is 0. The molecule has 0 unspecified atom stereocenters. The third kappa shape index (κ3) is 3.30. The Balaban J connectivity index is 1.79. The van der Waals surface area contributed by atoms with Gasteiger partial charge in [0.2, 0.25) is 5.91 Å². The van der Waals surface area contributed by atoms with Crippen molar-refractivity contribution in [3.8, 4) is 0 Å². The topological polar surface area (TPSA) is 79.4 Å². The first-order chi connectivity index (χ1) is 12.2. The number of hydrogen-bond donors (Lipinski definition) is 1. The number of aryl methyl sites for hydroxylation is 1. The molecule has 3 rings (SSSR count). The summed E-state index contributed by atoms with van der Waals surface area (Å²) in [5.74, 6) is -2.04. The molecule has 1 aromatic carbocycles. The van der Waals surface area contributed by atoms with Gasteiger partial charge in [-0.1, -0.05) is 46.4 Å². The first kappa shape index (κ1) is 19.4. The molecule has 1 aromatic heterocycles. The van der Waals surface area contributed by atoms with Gasteiger partial charge in [0.1, 0.15) is 6.54 Å². The Morgan fingerprint density at radius 1 is 1.08 bits per heavy atom. The zero-order valence-electron chi connectivity index (χ0n) is 13.0. The number of aromatic nitrogens is 1. The van der Waals surface area contributed by atoms with Gasteiger partial charge in [0.15, 0.2) is 0 Å². The molecular formula is C15H9Cl4N3O3S. The van der Waals surface area contributed by atoms with Crippen LogP contribution in [0.2, 0.25) is 20.1 Å². The summed E-state index contributed by atoms with van der Waals surface area (Å²) >= 11 is 25.4. The van der Waals surface area contributed by atoms with Gasteiger partial charge in [0, 0.05) is 5.38 Å². The Morgan fingerprint density at radius 3 is 2.08 bits per heavy atom. The van der Waals surface area contributed by atoms with Crippen LogP contribution in [0.5, 0.6) is 0 Å². The van der Waals surface area contributed by atoms with Crippen molar-refractivity contribution < 1.29 is 14.4 Å². The summed E-state index contributed by atoms with van der Waals surface area (Å²) in [6.45, 7) is 1.54. The molecule has 2 heterocycles. The van der Waals surface area contributed by atoms with Crippen LogP contribution in [-0.4, -0.2) is 34.2 Å². The fourth-order valence-electron chi connectivity index (χ4n) is 2.42. The van der Waals surface area contributed by atoms with Gasteiger partial charge >= 0.3 is 0 Å². The highest BCUT2D eigenvalue weighted by Crippen LogP contribution is 2.44. The van der Waals surface area contributed by atoms with Crippen LogP contribution in [0.15, 0.2) is 5.38 Å². The summed E-state index contributed by atoms with van der Waals surface area (Å²) in [4.78, 5) is 42.1. The molecule has 136 valence electrons. The van der Waals surface area contributed by atoms with Gasteiger partial charge in [-0.3, -0.25) is 19.3 Å². The van der Waals surface area contributed by atoms with Crippen molar-refractivity contribution in [1.82, 2.24) is 15.2 Å². The Hall–Kier alpha value is -1.38. The molecule has 6 nitrogen and oxygen atoms in total. The lowest BCUT2D eigenvalue weighted by Crippen LogP contribution is -2.40. The number of imide groups is 1. The van der Waals surface area contributed by atoms with Gasteiger partial charge in [-0.25, -0.2) is 4.98 Å². The van der Waals surface area contributed by atoms with Crippen molar-refractivity contribution in [3.63, 3.8) is 0 Å². The van der Waals surface area contributed by atoms with Crippen LogP contribution in [0.4, 0.5) is 0 Å². The van der Waals surface area contributed by atoms with Crippen LogP contribution in [0, 0.1) is 6.92 Å². The number of halogens is 4. The number of fused-ring (bicyclic) bond motifs is 1. The maximum Gasteiger partial charge on any atom is 0.263 e. The van der Waals surface area contributed by atoms with Crippen LogP contribution < -0.4 is 5.32 Å². The smallest absolute Gasteiger partial charge is 0.263 e. The number of amides is 3. The van der Waals surface area contributed by atoms with Gasteiger partial charge in [0.25, 0.3) is 11.8 Å². The second-order valence-corrected chi connectivity index (χ2v) is 7.91.